The van der Waals surface area contributed by atoms with E-state index in [1.807, 2.05) is 0 Å². The van der Waals surface area contributed by atoms with Gasteiger partial charge in [0.15, 0.2) is 0 Å². The van der Waals surface area contributed by atoms with Crippen molar-refractivity contribution in [3.63, 3.8) is 0 Å². The molecule has 1 aromatic rings. The molecule has 0 radical (unpaired) electrons. The minimum absolute atomic E-state index is 0.138. The number of allylic oxidation sites excluding steroid dienone is 5. The summed E-state index contributed by atoms with van der Waals surface area (Å²) in [5.74, 6) is -1.58. The number of nitrogens with zero attached hydrogens (tertiary/aromatic N) is 2. The van der Waals surface area contributed by atoms with E-state index in [0.717, 1.165) is 12.1 Å². The highest BCUT2D eigenvalue weighted by atomic mass is 32.2. The monoisotopic (exact) mass is 396 g/mol. The molecule has 0 aromatic heterocycles. The molecule has 0 spiro atoms. The molecule has 0 aliphatic carbocycles. The molecule has 0 fully saturated rings. The van der Waals surface area contributed by atoms with Gasteiger partial charge in [0.25, 0.3) is 10.0 Å². The van der Waals surface area contributed by atoms with Gasteiger partial charge in [-0.15, -0.1) is 0 Å². The summed E-state index contributed by atoms with van der Waals surface area (Å²) in [5.41, 5.74) is 3.64. The molecule has 144 valence electrons. The summed E-state index contributed by atoms with van der Waals surface area (Å²) in [7, 11) is -2.56. The second-order valence-corrected chi connectivity index (χ2v) is 7.20. The number of hydrogen-bond donors (Lipinski definition) is 2. The number of halogens is 2. The summed E-state index contributed by atoms with van der Waals surface area (Å²) in [6.45, 7) is 1.70. The van der Waals surface area contributed by atoms with Gasteiger partial charge in [-0.05, 0) is 37.6 Å². The molecule has 0 saturated heterocycles. The van der Waals surface area contributed by atoms with Gasteiger partial charge in [0.2, 0.25) is 0 Å². The van der Waals surface area contributed by atoms with Crippen LogP contribution in [-0.2, 0) is 14.8 Å². The minimum Gasteiger partial charge on any atom is -0.302 e. The van der Waals surface area contributed by atoms with Crippen molar-refractivity contribution in [1.29, 1.82) is 0 Å². The van der Waals surface area contributed by atoms with Crippen LogP contribution in [0, 0.1) is 11.6 Å². The third kappa shape index (κ3) is 5.48. The van der Waals surface area contributed by atoms with Crippen molar-refractivity contribution >= 4 is 22.5 Å². The number of rotatable bonds is 7. The lowest BCUT2D eigenvalue weighted by atomic mass is 10.3. The standard InChI is InChI=1S/C17H18F2N4O3S/c1-12(8-9-24)21-23(2)17-5-3-4-14(11-20-17)22-27(25,26)16-7-6-13(18)10-15(16)19/h4-11,21-22H,3H2,1-2H3/b12-8-. The fraction of sp³-hybridized carbons (Fsp3) is 0.176. The first kappa shape index (κ1) is 20.3. The Kier molecular flexibility index (Phi) is 6.45. The van der Waals surface area contributed by atoms with Crippen molar-refractivity contribution in [3.05, 3.63) is 65.3 Å². The number of hydrazine groups is 1. The van der Waals surface area contributed by atoms with Gasteiger partial charge in [0, 0.05) is 18.8 Å². The van der Waals surface area contributed by atoms with Gasteiger partial charge in [-0.2, -0.15) is 0 Å². The van der Waals surface area contributed by atoms with E-state index in [1.165, 1.54) is 12.3 Å². The molecular formula is C17H18F2N4O3S. The maximum absolute atomic E-state index is 13.8. The second kappa shape index (κ2) is 8.58. The van der Waals surface area contributed by atoms with Crippen LogP contribution in [0.4, 0.5) is 8.78 Å². The van der Waals surface area contributed by atoms with E-state index in [9.17, 15) is 22.0 Å². The van der Waals surface area contributed by atoms with Crippen molar-refractivity contribution in [3.8, 4) is 0 Å². The van der Waals surface area contributed by atoms with E-state index in [0.29, 0.717) is 30.3 Å². The summed E-state index contributed by atoms with van der Waals surface area (Å²) < 4.78 is 53.6. The average molecular weight is 396 g/mol. The Morgan fingerprint density at radius 3 is 2.70 bits per heavy atom. The van der Waals surface area contributed by atoms with E-state index in [2.05, 4.69) is 15.1 Å². The van der Waals surface area contributed by atoms with E-state index < -0.39 is 26.6 Å². The Bertz CT molecular complexity index is 953. The number of carbonyl (C=O) groups excluding carboxylic acids is 1. The Balaban J connectivity index is 2.12. The van der Waals surface area contributed by atoms with Crippen molar-refractivity contribution in [2.24, 2.45) is 4.99 Å². The van der Waals surface area contributed by atoms with E-state index in [-0.39, 0.29) is 5.70 Å². The van der Waals surface area contributed by atoms with Crippen molar-refractivity contribution in [2.75, 3.05) is 7.05 Å². The van der Waals surface area contributed by atoms with Crippen LogP contribution in [-0.4, -0.2) is 33.0 Å². The summed E-state index contributed by atoms with van der Waals surface area (Å²) in [4.78, 5) is 14.0. The predicted molar refractivity (Wildman–Crippen MR) is 96.7 cm³/mol. The van der Waals surface area contributed by atoms with Gasteiger partial charge in [0.05, 0.1) is 11.9 Å². The van der Waals surface area contributed by atoms with Crippen LogP contribution in [0.3, 0.4) is 0 Å². The molecule has 1 heterocycles. The van der Waals surface area contributed by atoms with Crippen LogP contribution in [0.15, 0.2) is 63.5 Å². The molecule has 27 heavy (non-hydrogen) atoms. The van der Waals surface area contributed by atoms with Crippen LogP contribution in [0.25, 0.3) is 0 Å². The Morgan fingerprint density at radius 1 is 1.30 bits per heavy atom. The topological polar surface area (TPSA) is 90.9 Å². The van der Waals surface area contributed by atoms with Gasteiger partial charge < -0.3 is 5.43 Å². The van der Waals surface area contributed by atoms with Crippen molar-refractivity contribution in [2.45, 2.75) is 18.2 Å². The van der Waals surface area contributed by atoms with E-state index >= 15 is 0 Å². The van der Waals surface area contributed by atoms with Gasteiger partial charge >= 0.3 is 0 Å². The number of aldehydes is 1. The number of sulfonamides is 1. The molecule has 0 unspecified atom stereocenters. The lowest BCUT2D eigenvalue weighted by Crippen LogP contribution is -2.31. The van der Waals surface area contributed by atoms with Gasteiger partial charge in [-0.25, -0.2) is 22.2 Å². The maximum Gasteiger partial charge on any atom is 0.264 e. The highest BCUT2D eigenvalue weighted by Crippen LogP contribution is 2.17. The largest absolute Gasteiger partial charge is 0.302 e. The number of carbonyl (C=O) groups is 1. The molecule has 0 atom stereocenters. The normalized spacial score (nSPS) is 14.7. The zero-order chi connectivity index (χ0) is 20.0. The molecule has 0 bridgehead atoms. The van der Waals surface area contributed by atoms with Crippen molar-refractivity contribution in [1.82, 2.24) is 15.2 Å². The van der Waals surface area contributed by atoms with E-state index in [4.69, 9.17) is 0 Å². The lowest BCUT2D eigenvalue weighted by Gasteiger charge is -2.21. The number of aliphatic imine (C=N–C) groups is 1. The molecule has 1 aliphatic rings. The fourth-order valence-corrected chi connectivity index (χ4v) is 3.31. The number of hydrogen-bond acceptors (Lipinski definition) is 6. The van der Waals surface area contributed by atoms with Crippen LogP contribution in [0.1, 0.15) is 13.3 Å². The first-order valence-electron chi connectivity index (χ1n) is 7.77. The zero-order valence-electron chi connectivity index (χ0n) is 14.6. The van der Waals surface area contributed by atoms with Crippen LogP contribution < -0.4 is 10.1 Å². The lowest BCUT2D eigenvalue weighted by molar-refractivity contribution is -0.104. The summed E-state index contributed by atoms with van der Waals surface area (Å²) in [6.07, 6.45) is 6.88. The van der Waals surface area contributed by atoms with Gasteiger partial charge in [-0.1, -0.05) is 6.08 Å². The first-order valence-corrected chi connectivity index (χ1v) is 9.26. The summed E-state index contributed by atoms with van der Waals surface area (Å²) in [5, 5.41) is 1.55. The number of benzene rings is 1. The first-order chi connectivity index (χ1) is 12.7. The average Bonchev–Trinajstić information content (AvgIpc) is 2.79. The van der Waals surface area contributed by atoms with Crippen molar-refractivity contribution < 1.29 is 22.0 Å². The molecule has 2 rings (SSSR count). The highest BCUT2D eigenvalue weighted by Gasteiger charge is 2.20. The maximum atomic E-state index is 13.8. The van der Waals surface area contributed by atoms with Gasteiger partial charge in [-0.3, -0.25) is 14.5 Å². The molecule has 7 nitrogen and oxygen atoms in total. The SMILES string of the molecule is C/C(=C/C=O)NN(C)C1=CCC=C(NS(=O)(=O)c2ccc(F)cc2F)C=N1. The quantitative estimate of drug-likeness (QED) is 0.418. The highest BCUT2D eigenvalue weighted by molar-refractivity contribution is 7.89. The third-order valence-electron chi connectivity index (χ3n) is 3.42. The number of nitrogens with one attached hydrogen (secondary N) is 2. The summed E-state index contributed by atoms with van der Waals surface area (Å²) in [6, 6.07) is 2.22. The van der Waals surface area contributed by atoms with Crippen LogP contribution in [0.2, 0.25) is 0 Å². The minimum atomic E-state index is -4.24. The summed E-state index contributed by atoms with van der Waals surface area (Å²) >= 11 is 0. The molecule has 10 heteroatoms. The molecule has 0 saturated carbocycles. The molecule has 1 aromatic carbocycles. The second-order valence-electron chi connectivity index (χ2n) is 5.55. The molecule has 2 N–H and O–H groups in total. The smallest absolute Gasteiger partial charge is 0.264 e. The third-order valence-corrected chi connectivity index (χ3v) is 4.83. The van der Waals surface area contributed by atoms with E-state index in [1.54, 1.807) is 31.1 Å². The van der Waals surface area contributed by atoms with Crippen LogP contribution >= 0.6 is 0 Å². The predicted octanol–water partition coefficient (Wildman–Crippen LogP) is 1.98. The molecular weight excluding hydrogens is 378 g/mol. The fourth-order valence-electron chi connectivity index (χ4n) is 2.19. The molecule has 1 aliphatic heterocycles. The zero-order valence-corrected chi connectivity index (χ0v) is 15.4. The van der Waals surface area contributed by atoms with Crippen LogP contribution in [0.5, 0.6) is 0 Å². The Morgan fingerprint density at radius 2 is 2.04 bits per heavy atom. The van der Waals surface area contributed by atoms with Gasteiger partial charge in [0.1, 0.15) is 28.6 Å². The molecule has 0 amide bonds. The Labute approximate surface area is 155 Å². The Hall–Kier alpha value is -3.01.